The van der Waals surface area contributed by atoms with Gasteiger partial charge in [0.15, 0.2) is 0 Å². The molecule has 0 bridgehead atoms. The maximum atomic E-state index is 13.1. The number of carbonyl (C=O) groups is 1. The zero-order valence-electron chi connectivity index (χ0n) is 12.2. The van der Waals surface area contributed by atoms with Crippen LogP contribution in [0.3, 0.4) is 0 Å². The van der Waals surface area contributed by atoms with Gasteiger partial charge in [-0.3, -0.25) is 4.79 Å². The van der Waals surface area contributed by atoms with Gasteiger partial charge in [-0.2, -0.15) is 0 Å². The summed E-state index contributed by atoms with van der Waals surface area (Å²) in [6.07, 6.45) is 1.98. The minimum Gasteiger partial charge on any atom is -0.396 e. The first kappa shape index (κ1) is 16.4. The second-order valence-electron chi connectivity index (χ2n) is 5.21. The highest BCUT2D eigenvalue weighted by Gasteiger charge is 2.14. The SMILES string of the molecule is C/C(=C/C(=O)NC(CCO)C(C)C)c1cccc(F)c1. The molecule has 0 aliphatic heterocycles. The Morgan fingerprint density at radius 1 is 1.45 bits per heavy atom. The molecule has 1 atom stereocenters. The van der Waals surface area contributed by atoms with Crippen molar-refractivity contribution < 1.29 is 14.3 Å². The quantitative estimate of drug-likeness (QED) is 0.787. The summed E-state index contributed by atoms with van der Waals surface area (Å²) in [5.41, 5.74) is 1.39. The average molecular weight is 279 g/mol. The second-order valence-corrected chi connectivity index (χ2v) is 5.21. The molecule has 0 aliphatic rings. The van der Waals surface area contributed by atoms with Gasteiger partial charge < -0.3 is 10.4 Å². The first-order valence-electron chi connectivity index (χ1n) is 6.79. The van der Waals surface area contributed by atoms with Gasteiger partial charge >= 0.3 is 0 Å². The maximum Gasteiger partial charge on any atom is 0.244 e. The number of hydrogen-bond donors (Lipinski definition) is 2. The number of allylic oxidation sites excluding steroid dienone is 1. The molecule has 110 valence electrons. The fourth-order valence-corrected chi connectivity index (χ4v) is 1.95. The zero-order chi connectivity index (χ0) is 15.1. The number of benzene rings is 1. The molecule has 1 aromatic rings. The fraction of sp³-hybridized carbons (Fsp3) is 0.438. The number of aliphatic hydroxyl groups excluding tert-OH is 1. The Hall–Kier alpha value is -1.68. The van der Waals surface area contributed by atoms with Gasteiger partial charge in [-0.25, -0.2) is 4.39 Å². The first-order chi connectivity index (χ1) is 9.43. The lowest BCUT2D eigenvalue weighted by molar-refractivity contribution is -0.117. The van der Waals surface area contributed by atoms with Crippen LogP contribution < -0.4 is 5.32 Å². The van der Waals surface area contributed by atoms with Crippen LogP contribution in [0.5, 0.6) is 0 Å². The van der Waals surface area contributed by atoms with Crippen LogP contribution in [0.25, 0.3) is 5.57 Å². The maximum absolute atomic E-state index is 13.1. The highest BCUT2D eigenvalue weighted by atomic mass is 19.1. The van der Waals surface area contributed by atoms with E-state index in [1.165, 1.54) is 18.2 Å². The van der Waals surface area contributed by atoms with Crippen LogP contribution in [0.2, 0.25) is 0 Å². The number of rotatable bonds is 6. The predicted molar refractivity (Wildman–Crippen MR) is 78.5 cm³/mol. The summed E-state index contributed by atoms with van der Waals surface area (Å²) >= 11 is 0. The number of carbonyl (C=O) groups excluding carboxylic acids is 1. The molecule has 3 nitrogen and oxygen atoms in total. The fourth-order valence-electron chi connectivity index (χ4n) is 1.95. The van der Waals surface area contributed by atoms with Crippen LogP contribution in [0.4, 0.5) is 4.39 Å². The van der Waals surface area contributed by atoms with Crippen molar-refractivity contribution in [2.24, 2.45) is 5.92 Å². The van der Waals surface area contributed by atoms with Gasteiger partial charge in [0.1, 0.15) is 5.82 Å². The van der Waals surface area contributed by atoms with Crippen LogP contribution in [0, 0.1) is 11.7 Å². The van der Waals surface area contributed by atoms with E-state index < -0.39 is 0 Å². The summed E-state index contributed by atoms with van der Waals surface area (Å²) < 4.78 is 13.1. The third kappa shape index (κ3) is 5.13. The Bertz CT molecular complexity index is 483. The van der Waals surface area contributed by atoms with E-state index in [1.54, 1.807) is 19.1 Å². The zero-order valence-corrected chi connectivity index (χ0v) is 12.2. The van der Waals surface area contributed by atoms with Crippen molar-refractivity contribution in [3.05, 3.63) is 41.7 Å². The van der Waals surface area contributed by atoms with Crippen molar-refractivity contribution >= 4 is 11.5 Å². The standard InChI is InChI=1S/C16H22FNO2/c1-11(2)15(7-8-19)18-16(20)9-12(3)13-5-4-6-14(17)10-13/h4-6,9-11,15,19H,7-8H2,1-3H3,(H,18,20)/b12-9-. The molecule has 0 saturated heterocycles. The third-order valence-electron chi connectivity index (χ3n) is 3.20. The Morgan fingerprint density at radius 2 is 2.15 bits per heavy atom. The molecule has 1 unspecified atom stereocenters. The van der Waals surface area contributed by atoms with E-state index in [0.717, 1.165) is 0 Å². The van der Waals surface area contributed by atoms with E-state index in [4.69, 9.17) is 5.11 Å². The van der Waals surface area contributed by atoms with Crippen LogP contribution in [-0.2, 0) is 4.79 Å². The first-order valence-corrected chi connectivity index (χ1v) is 6.79. The molecule has 0 aliphatic carbocycles. The van der Waals surface area contributed by atoms with Gasteiger partial charge in [-0.05, 0) is 42.5 Å². The van der Waals surface area contributed by atoms with Crippen molar-refractivity contribution in [2.45, 2.75) is 33.2 Å². The Labute approximate surface area is 119 Å². The molecule has 2 N–H and O–H groups in total. The molecule has 4 heteroatoms. The van der Waals surface area contributed by atoms with Gasteiger partial charge in [0.2, 0.25) is 5.91 Å². The molecule has 1 aromatic carbocycles. The molecule has 0 aromatic heterocycles. The van der Waals surface area contributed by atoms with Crippen LogP contribution in [0.1, 0.15) is 32.8 Å². The van der Waals surface area contributed by atoms with E-state index >= 15 is 0 Å². The second kappa shape index (κ2) is 7.80. The van der Waals surface area contributed by atoms with E-state index in [9.17, 15) is 9.18 Å². The van der Waals surface area contributed by atoms with Crippen LogP contribution in [-0.4, -0.2) is 23.7 Å². The molecule has 0 radical (unpaired) electrons. The van der Waals surface area contributed by atoms with E-state index in [1.807, 2.05) is 13.8 Å². The lowest BCUT2D eigenvalue weighted by atomic mass is 10.0. The molecule has 0 fully saturated rings. The number of amides is 1. The van der Waals surface area contributed by atoms with Crippen molar-refractivity contribution in [1.82, 2.24) is 5.32 Å². The summed E-state index contributed by atoms with van der Waals surface area (Å²) in [6.45, 7) is 5.79. The number of hydrogen-bond acceptors (Lipinski definition) is 2. The van der Waals surface area contributed by atoms with Crippen molar-refractivity contribution in [3.63, 3.8) is 0 Å². The van der Waals surface area contributed by atoms with Crippen molar-refractivity contribution in [3.8, 4) is 0 Å². The third-order valence-corrected chi connectivity index (χ3v) is 3.20. The lowest BCUT2D eigenvalue weighted by Crippen LogP contribution is -2.38. The minimum atomic E-state index is -0.323. The summed E-state index contributed by atoms with van der Waals surface area (Å²) in [6, 6.07) is 6.07. The molecule has 20 heavy (non-hydrogen) atoms. The van der Waals surface area contributed by atoms with Crippen LogP contribution in [0.15, 0.2) is 30.3 Å². The summed E-state index contributed by atoms with van der Waals surface area (Å²) in [5.74, 6) is -0.302. The lowest BCUT2D eigenvalue weighted by Gasteiger charge is -2.20. The Balaban J connectivity index is 2.75. The van der Waals surface area contributed by atoms with E-state index in [-0.39, 0.29) is 30.3 Å². The smallest absolute Gasteiger partial charge is 0.244 e. The number of halogens is 1. The molecule has 1 amide bonds. The van der Waals surface area contributed by atoms with Gasteiger partial charge in [0, 0.05) is 18.7 Å². The molecular weight excluding hydrogens is 257 g/mol. The summed E-state index contributed by atoms with van der Waals surface area (Å²) in [5, 5.41) is 11.8. The van der Waals surface area contributed by atoms with Gasteiger partial charge in [0.25, 0.3) is 0 Å². The topological polar surface area (TPSA) is 49.3 Å². The van der Waals surface area contributed by atoms with Crippen molar-refractivity contribution in [2.75, 3.05) is 6.61 Å². The van der Waals surface area contributed by atoms with Gasteiger partial charge in [0.05, 0.1) is 0 Å². The highest BCUT2D eigenvalue weighted by Crippen LogP contribution is 2.14. The normalized spacial score (nSPS) is 13.4. The Morgan fingerprint density at radius 3 is 2.70 bits per heavy atom. The minimum absolute atomic E-state index is 0.0374. The summed E-state index contributed by atoms with van der Waals surface area (Å²) in [4.78, 5) is 11.9. The summed E-state index contributed by atoms with van der Waals surface area (Å²) in [7, 11) is 0. The molecule has 1 rings (SSSR count). The van der Waals surface area contributed by atoms with Crippen LogP contribution >= 0.6 is 0 Å². The number of nitrogens with one attached hydrogen (secondary N) is 1. The van der Waals surface area contributed by atoms with Gasteiger partial charge in [-0.1, -0.05) is 26.0 Å². The van der Waals surface area contributed by atoms with E-state index in [2.05, 4.69) is 5.32 Å². The molecule has 0 spiro atoms. The average Bonchev–Trinajstić information content (AvgIpc) is 2.38. The predicted octanol–water partition coefficient (Wildman–Crippen LogP) is 2.75. The highest BCUT2D eigenvalue weighted by molar-refractivity contribution is 5.95. The molecule has 0 saturated carbocycles. The largest absolute Gasteiger partial charge is 0.396 e. The van der Waals surface area contributed by atoms with Crippen molar-refractivity contribution in [1.29, 1.82) is 0 Å². The monoisotopic (exact) mass is 279 g/mol. The molecular formula is C16H22FNO2. The molecule has 0 heterocycles. The Kier molecular flexibility index (Phi) is 6.39. The number of aliphatic hydroxyl groups is 1. The van der Waals surface area contributed by atoms with Gasteiger partial charge in [-0.15, -0.1) is 0 Å². The van der Waals surface area contributed by atoms with E-state index in [0.29, 0.717) is 17.6 Å².